The quantitative estimate of drug-likeness (QED) is 0.761. The number of hydrogen-bond acceptors (Lipinski definition) is 2. The highest BCUT2D eigenvalue weighted by Gasteiger charge is 2.11. The third kappa shape index (κ3) is 3.10. The Morgan fingerprint density at radius 2 is 2.33 bits per heavy atom. The van der Waals surface area contributed by atoms with E-state index in [9.17, 15) is 0 Å². The smallest absolute Gasteiger partial charge is 0.0625 e. The van der Waals surface area contributed by atoms with Gasteiger partial charge in [-0.1, -0.05) is 6.92 Å². The number of aromatic nitrogens is 2. The Kier molecular flexibility index (Phi) is 4.38. The summed E-state index contributed by atoms with van der Waals surface area (Å²) in [6.45, 7) is 3.95. The molecule has 0 aliphatic rings. The molecule has 1 aromatic rings. The molecular formula is C12H19N3. The normalized spacial score (nSPS) is 12.0. The van der Waals surface area contributed by atoms with Gasteiger partial charge in [0, 0.05) is 19.5 Å². The summed E-state index contributed by atoms with van der Waals surface area (Å²) in [5.74, 6) is 5.91. The molecule has 0 aromatic carbocycles. The molecule has 1 rings (SSSR count). The lowest BCUT2D eigenvalue weighted by Gasteiger charge is -2.09. The first-order valence-corrected chi connectivity index (χ1v) is 5.37. The van der Waals surface area contributed by atoms with Crippen LogP contribution in [0.15, 0.2) is 6.07 Å². The van der Waals surface area contributed by atoms with Gasteiger partial charge in [-0.15, -0.1) is 11.8 Å². The van der Waals surface area contributed by atoms with Gasteiger partial charge in [0.25, 0.3) is 0 Å². The predicted octanol–water partition coefficient (Wildman–Crippen LogP) is 1.79. The van der Waals surface area contributed by atoms with Crippen molar-refractivity contribution >= 4 is 0 Å². The first-order valence-electron chi connectivity index (χ1n) is 5.37. The molecule has 15 heavy (non-hydrogen) atoms. The van der Waals surface area contributed by atoms with Crippen molar-refractivity contribution in [1.82, 2.24) is 9.78 Å². The van der Waals surface area contributed by atoms with Crippen LogP contribution in [-0.2, 0) is 13.5 Å². The standard InChI is InChI=1S/C12H19N3/c1-4-6-7-8-11(13)12-9-10(5-2)14-15(12)3/h9,11H,5,7-8,13H2,1-3H3. The van der Waals surface area contributed by atoms with Crippen LogP contribution in [0.1, 0.15) is 44.1 Å². The summed E-state index contributed by atoms with van der Waals surface area (Å²) >= 11 is 0. The van der Waals surface area contributed by atoms with Crippen molar-refractivity contribution in [1.29, 1.82) is 0 Å². The van der Waals surface area contributed by atoms with Gasteiger partial charge >= 0.3 is 0 Å². The Labute approximate surface area is 91.7 Å². The fraction of sp³-hybridized carbons (Fsp3) is 0.583. The molecule has 0 saturated heterocycles. The molecule has 0 radical (unpaired) electrons. The highest BCUT2D eigenvalue weighted by atomic mass is 15.3. The van der Waals surface area contributed by atoms with Crippen molar-refractivity contribution in [3.63, 3.8) is 0 Å². The van der Waals surface area contributed by atoms with Crippen LogP contribution in [-0.4, -0.2) is 9.78 Å². The molecule has 0 saturated carbocycles. The lowest BCUT2D eigenvalue weighted by Crippen LogP contribution is -2.14. The number of hydrogen-bond donors (Lipinski definition) is 1. The molecule has 1 atom stereocenters. The minimum absolute atomic E-state index is 0.0450. The van der Waals surface area contributed by atoms with E-state index in [1.807, 2.05) is 18.7 Å². The van der Waals surface area contributed by atoms with E-state index in [1.54, 1.807) is 0 Å². The molecular weight excluding hydrogens is 186 g/mol. The Bertz CT molecular complexity index is 368. The van der Waals surface area contributed by atoms with Crippen LogP contribution in [0.25, 0.3) is 0 Å². The number of rotatable bonds is 4. The van der Waals surface area contributed by atoms with Crippen LogP contribution in [0, 0.1) is 11.8 Å². The van der Waals surface area contributed by atoms with E-state index >= 15 is 0 Å². The van der Waals surface area contributed by atoms with Gasteiger partial charge in [-0.25, -0.2) is 0 Å². The molecule has 1 aromatic heterocycles. The van der Waals surface area contributed by atoms with Gasteiger partial charge in [0.15, 0.2) is 0 Å². The summed E-state index contributed by atoms with van der Waals surface area (Å²) in [5.41, 5.74) is 8.28. The first-order chi connectivity index (χ1) is 7.19. The van der Waals surface area contributed by atoms with E-state index in [1.165, 1.54) is 0 Å². The molecule has 0 fully saturated rings. The molecule has 1 heterocycles. The fourth-order valence-electron chi connectivity index (χ4n) is 1.56. The Hall–Kier alpha value is -1.27. The van der Waals surface area contributed by atoms with Gasteiger partial charge < -0.3 is 5.73 Å². The zero-order valence-electron chi connectivity index (χ0n) is 9.75. The Morgan fingerprint density at radius 1 is 1.60 bits per heavy atom. The molecule has 0 amide bonds. The van der Waals surface area contributed by atoms with E-state index in [-0.39, 0.29) is 6.04 Å². The monoisotopic (exact) mass is 205 g/mol. The summed E-state index contributed by atoms with van der Waals surface area (Å²) in [7, 11) is 1.94. The lowest BCUT2D eigenvalue weighted by molar-refractivity contribution is 0.588. The molecule has 0 bridgehead atoms. The first kappa shape index (κ1) is 11.8. The van der Waals surface area contributed by atoms with Gasteiger partial charge in [0.05, 0.1) is 11.4 Å². The van der Waals surface area contributed by atoms with Crippen LogP contribution < -0.4 is 5.73 Å². The maximum atomic E-state index is 6.08. The van der Waals surface area contributed by atoms with Gasteiger partial charge in [0.1, 0.15) is 0 Å². The van der Waals surface area contributed by atoms with Crippen LogP contribution in [0.4, 0.5) is 0 Å². The zero-order chi connectivity index (χ0) is 11.3. The Morgan fingerprint density at radius 3 is 2.87 bits per heavy atom. The van der Waals surface area contributed by atoms with Crippen LogP contribution in [0.5, 0.6) is 0 Å². The highest BCUT2D eigenvalue weighted by molar-refractivity contribution is 5.14. The molecule has 0 aliphatic carbocycles. The average Bonchev–Trinajstić information content (AvgIpc) is 2.60. The lowest BCUT2D eigenvalue weighted by atomic mass is 10.1. The topological polar surface area (TPSA) is 43.8 Å². The molecule has 3 nitrogen and oxygen atoms in total. The number of aryl methyl sites for hydroxylation is 2. The van der Waals surface area contributed by atoms with Crippen molar-refractivity contribution in [2.75, 3.05) is 0 Å². The summed E-state index contributed by atoms with van der Waals surface area (Å²) < 4.78 is 1.88. The fourth-order valence-corrected chi connectivity index (χ4v) is 1.56. The van der Waals surface area contributed by atoms with Crippen LogP contribution in [0.2, 0.25) is 0 Å². The van der Waals surface area contributed by atoms with E-state index in [4.69, 9.17) is 5.73 Å². The van der Waals surface area contributed by atoms with Crippen LogP contribution >= 0.6 is 0 Å². The van der Waals surface area contributed by atoms with Gasteiger partial charge in [-0.3, -0.25) is 4.68 Å². The molecule has 3 heteroatoms. The number of nitrogens with zero attached hydrogens (tertiary/aromatic N) is 2. The van der Waals surface area contributed by atoms with Gasteiger partial charge in [0.2, 0.25) is 0 Å². The number of nitrogens with two attached hydrogens (primary N) is 1. The maximum absolute atomic E-state index is 6.08. The second-order valence-corrected chi connectivity index (χ2v) is 3.61. The van der Waals surface area contributed by atoms with Crippen molar-refractivity contribution in [3.8, 4) is 11.8 Å². The SMILES string of the molecule is CC#CCCC(N)c1cc(CC)nn1C. The van der Waals surface area contributed by atoms with Crippen LogP contribution in [0.3, 0.4) is 0 Å². The summed E-state index contributed by atoms with van der Waals surface area (Å²) in [4.78, 5) is 0. The molecule has 1 unspecified atom stereocenters. The highest BCUT2D eigenvalue weighted by Crippen LogP contribution is 2.16. The minimum Gasteiger partial charge on any atom is -0.323 e. The third-order valence-corrected chi connectivity index (χ3v) is 2.47. The molecule has 82 valence electrons. The third-order valence-electron chi connectivity index (χ3n) is 2.47. The van der Waals surface area contributed by atoms with E-state index < -0.39 is 0 Å². The molecule has 0 spiro atoms. The van der Waals surface area contributed by atoms with E-state index in [0.717, 1.165) is 30.7 Å². The maximum Gasteiger partial charge on any atom is 0.0625 e. The largest absolute Gasteiger partial charge is 0.323 e. The summed E-state index contributed by atoms with van der Waals surface area (Å²) in [5, 5.41) is 4.38. The van der Waals surface area contributed by atoms with E-state index in [2.05, 4.69) is 29.9 Å². The predicted molar refractivity (Wildman–Crippen MR) is 62.2 cm³/mol. The van der Waals surface area contributed by atoms with E-state index in [0.29, 0.717) is 0 Å². The zero-order valence-corrected chi connectivity index (χ0v) is 9.75. The molecule has 0 aliphatic heterocycles. The van der Waals surface area contributed by atoms with Gasteiger partial charge in [-0.2, -0.15) is 5.10 Å². The van der Waals surface area contributed by atoms with Gasteiger partial charge in [-0.05, 0) is 25.8 Å². The second-order valence-electron chi connectivity index (χ2n) is 3.61. The second kappa shape index (κ2) is 5.57. The average molecular weight is 205 g/mol. The van der Waals surface area contributed by atoms with Crippen molar-refractivity contribution in [2.24, 2.45) is 12.8 Å². The van der Waals surface area contributed by atoms with Crippen molar-refractivity contribution < 1.29 is 0 Å². The summed E-state index contributed by atoms with van der Waals surface area (Å²) in [6, 6.07) is 2.13. The van der Waals surface area contributed by atoms with Crippen molar-refractivity contribution in [3.05, 3.63) is 17.5 Å². The Balaban J connectivity index is 2.66. The minimum atomic E-state index is 0.0450. The van der Waals surface area contributed by atoms with Crippen molar-refractivity contribution in [2.45, 2.75) is 39.2 Å². The summed E-state index contributed by atoms with van der Waals surface area (Å²) in [6.07, 6.45) is 2.70. The molecule has 2 N–H and O–H groups in total.